The Kier molecular flexibility index (Phi) is 6.32. The van der Waals surface area contributed by atoms with E-state index >= 15 is 0 Å². The van der Waals surface area contributed by atoms with E-state index in [0.717, 1.165) is 12.1 Å². The van der Waals surface area contributed by atoms with Gasteiger partial charge in [-0.1, -0.05) is 19.1 Å². The number of ether oxygens (including phenoxy) is 1. The number of amides is 2. The number of anilines is 2. The number of hydrogen-bond donors (Lipinski definition) is 1. The van der Waals surface area contributed by atoms with Crippen molar-refractivity contribution in [1.82, 2.24) is 0 Å². The molecule has 2 amide bonds. The monoisotopic (exact) mass is 394 g/mol. The predicted molar refractivity (Wildman–Crippen MR) is 112 cm³/mol. The molecule has 1 aliphatic rings. The van der Waals surface area contributed by atoms with E-state index in [-0.39, 0.29) is 24.3 Å². The van der Waals surface area contributed by atoms with Crippen molar-refractivity contribution in [2.75, 3.05) is 16.8 Å². The molecule has 0 saturated carbocycles. The molecular formula is C23H26N2O4. The first kappa shape index (κ1) is 20.6. The first-order valence-corrected chi connectivity index (χ1v) is 9.88. The predicted octanol–water partition coefficient (Wildman–Crippen LogP) is 3.81. The number of hydrogen-bond acceptors (Lipinski definition) is 4. The Bertz CT molecular complexity index is 888. The van der Waals surface area contributed by atoms with Gasteiger partial charge in [-0.05, 0) is 62.2 Å². The third kappa shape index (κ3) is 5.02. The molecule has 29 heavy (non-hydrogen) atoms. The molecule has 0 spiro atoms. The second-order valence-electron chi connectivity index (χ2n) is 7.45. The van der Waals surface area contributed by atoms with Crippen molar-refractivity contribution in [2.24, 2.45) is 5.92 Å². The lowest BCUT2D eigenvalue weighted by molar-refractivity contribution is -0.122. The third-order valence-electron chi connectivity index (χ3n) is 4.88. The van der Waals surface area contributed by atoms with Gasteiger partial charge >= 0.3 is 5.97 Å². The van der Waals surface area contributed by atoms with E-state index in [0.29, 0.717) is 17.8 Å². The molecule has 0 aliphatic carbocycles. The highest BCUT2D eigenvalue weighted by Crippen LogP contribution is 2.26. The summed E-state index contributed by atoms with van der Waals surface area (Å²) in [4.78, 5) is 38.6. The first-order valence-electron chi connectivity index (χ1n) is 9.88. The van der Waals surface area contributed by atoms with Crippen molar-refractivity contribution in [2.45, 2.75) is 39.7 Å². The molecule has 6 nitrogen and oxygen atoms in total. The quantitative estimate of drug-likeness (QED) is 0.756. The lowest BCUT2D eigenvalue weighted by atomic mass is 10.1. The molecule has 1 fully saturated rings. The summed E-state index contributed by atoms with van der Waals surface area (Å²) in [5, 5.41) is 2.83. The zero-order valence-corrected chi connectivity index (χ0v) is 17.0. The first-order chi connectivity index (χ1) is 13.9. The van der Waals surface area contributed by atoms with Crippen LogP contribution in [0.15, 0.2) is 48.5 Å². The fraction of sp³-hybridized carbons (Fsp3) is 0.348. The molecule has 1 N–H and O–H groups in total. The zero-order chi connectivity index (χ0) is 21.0. The normalized spacial score (nSPS) is 16.2. The molecule has 0 bridgehead atoms. The summed E-state index contributed by atoms with van der Waals surface area (Å²) in [5.41, 5.74) is 3.02. The number of rotatable bonds is 6. The van der Waals surface area contributed by atoms with E-state index in [1.807, 2.05) is 24.3 Å². The summed E-state index contributed by atoms with van der Waals surface area (Å²) >= 11 is 0. The molecule has 0 radical (unpaired) electrons. The van der Waals surface area contributed by atoms with E-state index < -0.39 is 11.9 Å². The topological polar surface area (TPSA) is 75.7 Å². The van der Waals surface area contributed by atoms with Crippen molar-refractivity contribution < 1.29 is 19.1 Å². The maximum Gasteiger partial charge on any atom is 0.338 e. The van der Waals surface area contributed by atoms with Crippen LogP contribution >= 0.6 is 0 Å². The molecular weight excluding hydrogens is 368 g/mol. The highest BCUT2D eigenvalue weighted by molar-refractivity contribution is 6.03. The van der Waals surface area contributed by atoms with Gasteiger partial charge in [0, 0.05) is 24.3 Å². The van der Waals surface area contributed by atoms with E-state index in [1.54, 1.807) is 43.0 Å². The third-order valence-corrected chi connectivity index (χ3v) is 4.88. The number of carbonyl (C=O) groups excluding carboxylic acids is 3. The summed E-state index contributed by atoms with van der Waals surface area (Å²) in [5.74, 6) is -1.08. The summed E-state index contributed by atoms with van der Waals surface area (Å²) in [6.45, 7) is 6.01. The van der Waals surface area contributed by atoms with Crippen molar-refractivity contribution in [1.29, 1.82) is 0 Å². The molecule has 152 valence electrons. The molecule has 1 saturated heterocycles. The largest absolute Gasteiger partial charge is 0.459 e. The van der Waals surface area contributed by atoms with Gasteiger partial charge in [-0.15, -0.1) is 0 Å². The van der Waals surface area contributed by atoms with Gasteiger partial charge in [0.05, 0.1) is 17.6 Å². The second kappa shape index (κ2) is 8.90. The second-order valence-corrected chi connectivity index (χ2v) is 7.45. The Morgan fingerprint density at radius 2 is 1.76 bits per heavy atom. The average Bonchev–Trinajstić information content (AvgIpc) is 3.10. The summed E-state index contributed by atoms with van der Waals surface area (Å²) < 4.78 is 5.15. The van der Waals surface area contributed by atoms with Crippen LogP contribution in [0.3, 0.4) is 0 Å². The van der Waals surface area contributed by atoms with Crippen LogP contribution in [0.4, 0.5) is 11.4 Å². The zero-order valence-electron chi connectivity index (χ0n) is 17.0. The highest BCUT2D eigenvalue weighted by Gasteiger charge is 2.35. The van der Waals surface area contributed by atoms with E-state index in [4.69, 9.17) is 4.74 Å². The fourth-order valence-electron chi connectivity index (χ4n) is 3.26. The van der Waals surface area contributed by atoms with Crippen LogP contribution in [0, 0.1) is 5.92 Å². The minimum atomic E-state index is -0.418. The molecule has 1 unspecified atom stereocenters. The number of benzene rings is 2. The number of carbonyl (C=O) groups is 3. The van der Waals surface area contributed by atoms with Crippen LogP contribution in [-0.2, 0) is 20.7 Å². The Morgan fingerprint density at radius 3 is 2.34 bits per heavy atom. The molecule has 0 aromatic heterocycles. The minimum Gasteiger partial charge on any atom is -0.459 e. The fourth-order valence-corrected chi connectivity index (χ4v) is 3.26. The molecule has 2 aromatic rings. The Hall–Kier alpha value is -3.15. The van der Waals surface area contributed by atoms with Crippen LogP contribution in [-0.4, -0.2) is 30.4 Å². The highest BCUT2D eigenvalue weighted by atomic mass is 16.5. The van der Waals surface area contributed by atoms with Crippen molar-refractivity contribution >= 4 is 29.2 Å². The van der Waals surface area contributed by atoms with Gasteiger partial charge in [-0.25, -0.2) is 4.79 Å². The summed E-state index contributed by atoms with van der Waals surface area (Å²) in [7, 11) is 0. The molecule has 3 rings (SSSR count). The summed E-state index contributed by atoms with van der Waals surface area (Å²) in [6.07, 6.45) is 0.927. The van der Waals surface area contributed by atoms with Crippen molar-refractivity contribution in [3.63, 3.8) is 0 Å². The van der Waals surface area contributed by atoms with E-state index in [1.165, 1.54) is 5.56 Å². The molecule has 1 aliphatic heterocycles. The van der Waals surface area contributed by atoms with Crippen LogP contribution in [0.1, 0.15) is 43.1 Å². The van der Waals surface area contributed by atoms with Crippen LogP contribution < -0.4 is 10.2 Å². The van der Waals surface area contributed by atoms with Gasteiger partial charge in [-0.3, -0.25) is 9.59 Å². The number of aryl methyl sites for hydroxylation is 1. The van der Waals surface area contributed by atoms with Gasteiger partial charge in [0.15, 0.2) is 0 Å². The maximum absolute atomic E-state index is 12.6. The minimum absolute atomic E-state index is 0.0545. The van der Waals surface area contributed by atoms with Gasteiger partial charge < -0.3 is 15.0 Å². The number of nitrogens with zero attached hydrogens (tertiary/aromatic N) is 1. The number of nitrogens with one attached hydrogen (secondary N) is 1. The van der Waals surface area contributed by atoms with Crippen molar-refractivity contribution in [3.05, 3.63) is 59.7 Å². The molecule has 6 heteroatoms. The van der Waals surface area contributed by atoms with Gasteiger partial charge in [0.1, 0.15) is 0 Å². The van der Waals surface area contributed by atoms with Crippen LogP contribution in [0.25, 0.3) is 0 Å². The smallest absolute Gasteiger partial charge is 0.338 e. The SMILES string of the molecule is CCc1ccc(N2CC(C(=O)Nc3ccc(C(=O)OC(C)C)cc3)CC2=O)cc1. The van der Waals surface area contributed by atoms with Crippen LogP contribution in [0.5, 0.6) is 0 Å². The lowest BCUT2D eigenvalue weighted by Gasteiger charge is -2.17. The Balaban J connectivity index is 1.61. The van der Waals surface area contributed by atoms with Gasteiger partial charge in [0.2, 0.25) is 11.8 Å². The average molecular weight is 394 g/mol. The summed E-state index contributed by atoms with van der Waals surface area (Å²) in [6, 6.07) is 14.4. The number of esters is 1. The molecule has 1 atom stereocenters. The van der Waals surface area contributed by atoms with E-state index in [2.05, 4.69) is 12.2 Å². The van der Waals surface area contributed by atoms with E-state index in [9.17, 15) is 14.4 Å². The Labute approximate surface area is 170 Å². The van der Waals surface area contributed by atoms with Gasteiger partial charge in [0.25, 0.3) is 0 Å². The lowest BCUT2D eigenvalue weighted by Crippen LogP contribution is -2.28. The standard InChI is InChI=1S/C23H26N2O4/c1-4-16-5-11-20(12-6-16)25-14-18(13-21(25)26)22(27)24-19-9-7-17(8-10-19)23(28)29-15(2)3/h5-12,15,18H,4,13-14H2,1-3H3,(H,24,27). The molecule has 1 heterocycles. The Morgan fingerprint density at radius 1 is 1.10 bits per heavy atom. The van der Waals surface area contributed by atoms with Crippen molar-refractivity contribution in [3.8, 4) is 0 Å². The van der Waals surface area contributed by atoms with Crippen LogP contribution in [0.2, 0.25) is 0 Å². The maximum atomic E-state index is 12.6. The molecule has 2 aromatic carbocycles. The van der Waals surface area contributed by atoms with Gasteiger partial charge in [-0.2, -0.15) is 0 Å².